The first-order valence-corrected chi connectivity index (χ1v) is 6.69. The Morgan fingerprint density at radius 1 is 0.706 bits per heavy atom. The monoisotopic (exact) mass is 330 g/mol. The zero-order chi connectivity index (χ0) is 12.6. The summed E-state index contributed by atoms with van der Waals surface area (Å²) in [7, 11) is -0.801. The minimum absolute atomic E-state index is 0. The van der Waals surface area contributed by atoms with Crippen molar-refractivity contribution in [2.75, 3.05) is 18.5 Å². The Hall–Kier alpha value is -0.680. The van der Waals surface area contributed by atoms with Crippen molar-refractivity contribution < 1.29 is 29.7 Å². The van der Waals surface area contributed by atoms with Gasteiger partial charge in [0.1, 0.15) is 0 Å². The number of halogens is 1. The molecule has 0 rings (SSSR count). The third-order valence-corrected chi connectivity index (χ3v) is 4.49. The highest BCUT2D eigenvalue weighted by atomic mass is 79.9. The highest BCUT2D eigenvalue weighted by Gasteiger charge is 2.13. The SMILES string of the molecule is Br.O=C(O)CCP(CCC(=O)O)CCC(=O)O. The van der Waals surface area contributed by atoms with Crippen LogP contribution in [-0.4, -0.2) is 51.7 Å². The van der Waals surface area contributed by atoms with Crippen molar-refractivity contribution in [2.24, 2.45) is 0 Å². The van der Waals surface area contributed by atoms with E-state index in [9.17, 15) is 14.4 Å². The van der Waals surface area contributed by atoms with Crippen LogP contribution in [0.2, 0.25) is 0 Å². The van der Waals surface area contributed by atoms with E-state index in [-0.39, 0.29) is 36.2 Å². The lowest BCUT2D eigenvalue weighted by molar-refractivity contribution is -0.137. The summed E-state index contributed by atoms with van der Waals surface area (Å²) >= 11 is 0. The first-order valence-electron chi connectivity index (χ1n) is 4.79. The summed E-state index contributed by atoms with van der Waals surface area (Å²) in [5.41, 5.74) is 0. The molecule has 8 heteroatoms. The van der Waals surface area contributed by atoms with E-state index >= 15 is 0 Å². The lowest BCUT2D eigenvalue weighted by Crippen LogP contribution is -2.07. The number of aliphatic carboxylic acids is 3. The molecule has 0 aromatic carbocycles. The maximum atomic E-state index is 10.4. The predicted octanol–water partition coefficient (Wildman–Crippen LogP) is 1.47. The van der Waals surface area contributed by atoms with Crippen LogP contribution < -0.4 is 0 Å². The molecule has 0 aromatic rings. The molecule has 0 heterocycles. The van der Waals surface area contributed by atoms with Crippen LogP contribution in [0.5, 0.6) is 0 Å². The summed E-state index contributed by atoms with van der Waals surface area (Å²) in [5, 5.41) is 25.5. The summed E-state index contributed by atoms with van der Waals surface area (Å²) in [6.45, 7) is 0. The molecule has 0 amide bonds. The van der Waals surface area contributed by atoms with Gasteiger partial charge in [0, 0.05) is 19.3 Å². The van der Waals surface area contributed by atoms with Gasteiger partial charge in [-0.1, -0.05) is 0 Å². The van der Waals surface area contributed by atoms with Crippen molar-refractivity contribution in [3.05, 3.63) is 0 Å². The number of rotatable bonds is 9. The first-order chi connectivity index (χ1) is 7.41. The van der Waals surface area contributed by atoms with Crippen LogP contribution in [0, 0.1) is 0 Å². The van der Waals surface area contributed by atoms with Gasteiger partial charge in [-0.2, -0.15) is 0 Å². The Kier molecular flexibility index (Phi) is 11.5. The third-order valence-electron chi connectivity index (χ3n) is 1.93. The first kappa shape index (κ1) is 18.7. The minimum Gasteiger partial charge on any atom is -0.481 e. The molecule has 0 fully saturated rings. The van der Waals surface area contributed by atoms with E-state index in [2.05, 4.69) is 0 Å². The van der Waals surface area contributed by atoms with Crippen molar-refractivity contribution in [3.63, 3.8) is 0 Å². The summed E-state index contributed by atoms with van der Waals surface area (Å²) in [6, 6.07) is 0. The molecule has 0 aromatic heterocycles. The molecule has 6 nitrogen and oxygen atoms in total. The van der Waals surface area contributed by atoms with Crippen LogP contribution in [0.3, 0.4) is 0 Å². The molecule has 0 unspecified atom stereocenters. The molecule has 0 atom stereocenters. The minimum atomic E-state index is -0.932. The molecule has 0 spiro atoms. The van der Waals surface area contributed by atoms with Crippen LogP contribution in [0.25, 0.3) is 0 Å². The fourth-order valence-electron chi connectivity index (χ4n) is 1.10. The molecular weight excluding hydrogens is 315 g/mol. The molecule has 0 aliphatic carbocycles. The molecule has 17 heavy (non-hydrogen) atoms. The smallest absolute Gasteiger partial charge is 0.303 e. The fraction of sp³-hybridized carbons (Fsp3) is 0.667. The quantitative estimate of drug-likeness (QED) is 0.552. The lowest BCUT2D eigenvalue weighted by atomic mass is 10.5. The molecule has 3 N–H and O–H groups in total. The molecule has 0 bridgehead atoms. The predicted molar refractivity (Wildman–Crippen MR) is 68.6 cm³/mol. The van der Waals surface area contributed by atoms with Crippen molar-refractivity contribution >= 4 is 42.8 Å². The van der Waals surface area contributed by atoms with Gasteiger partial charge in [-0.15, -0.1) is 24.9 Å². The molecule has 0 aliphatic rings. The summed E-state index contributed by atoms with van der Waals surface area (Å²) in [5.74, 6) is -2.80. The Labute approximate surface area is 111 Å². The topological polar surface area (TPSA) is 112 Å². The van der Waals surface area contributed by atoms with Crippen molar-refractivity contribution in [1.29, 1.82) is 0 Å². The number of carboxylic acid groups (broad SMARTS) is 3. The highest BCUT2D eigenvalue weighted by Crippen LogP contribution is 2.37. The zero-order valence-electron chi connectivity index (χ0n) is 9.16. The van der Waals surface area contributed by atoms with Crippen molar-refractivity contribution in [3.8, 4) is 0 Å². The van der Waals surface area contributed by atoms with Gasteiger partial charge in [-0.25, -0.2) is 0 Å². The standard InChI is InChI=1S/C9H15O6P.BrH/c10-7(11)1-4-16(5-2-8(12)13)6-3-9(14)15;/h1-6H2,(H,10,11)(H,12,13)(H,14,15);1H. The third kappa shape index (κ3) is 13.3. The van der Waals surface area contributed by atoms with Gasteiger partial charge >= 0.3 is 17.9 Å². The summed E-state index contributed by atoms with van der Waals surface area (Å²) in [6.07, 6.45) is 1.11. The fourth-order valence-corrected chi connectivity index (χ4v) is 3.29. The Balaban J connectivity index is 0. The van der Waals surface area contributed by atoms with E-state index < -0.39 is 25.8 Å². The van der Waals surface area contributed by atoms with Crippen LogP contribution in [0.15, 0.2) is 0 Å². The Bertz CT molecular complexity index is 227. The van der Waals surface area contributed by atoms with Gasteiger partial charge in [-0.3, -0.25) is 14.4 Å². The highest BCUT2D eigenvalue weighted by molar-refractivity contribution is 8.93. The number of carboxylic acids is 3. The Morgan fingerprint density at radius 3 is 1.12 bits per heavy atom. The average Bonchev–Trinajstić information content (AvgIpc) is 2.15. The maximum absolute atomic E-state index is 10.4. The number of hydrogen-bond donors (Lipinski definition) is 3. The Morgan fingerprint density at radius 2 is 0.941 bits per heavy atom. The van der Waals surface area contributed by atoms with E-state index in [0.717, 1.165) is 0 Å². The zero-order valence-corrected chi connectivity index (χ0v) is 11.8. The van der Waals surface area contributed by atoms with Gasteiger partial charge in [0.2, 0.25) is 0 Å². The van der Waals surface area contributed by atoms with Gasteiger partial charge in [0.15, 0.2) is 0 Å². The van der Waals surface area contributed by atoms with Crippen LogP contribution in [-0.2, 0) is 14.4 Å². The van der Waals surface area contributed by atoms with Gasteiger partial charge in [-0.05, 0) is 18.5 Å². The van der Waals surface area contributed by atoms with E-state index in [4.69, 9.17) is 15.3 Å². The second kappa shape index (κ2) is 10.5. The molecule has 0 radical (unpaired) electrons. The molecular formula is C9H16BrO6P. The van der Waals surface area contributed by atoms with Crippen LogP contribution >= 0.6 is 24.9 Å². The number of hydrogen-bond acceptors (Lipinski definition) is 3. The summed E-state index contributed by atoms with van der Waals surface area (Å²) < 4.78 is 0. The lowest BCUT2D eigenvalue weighted by Gasteiger charge is -2.14. The maximum Gasteiger partial charge on any atom is 0.303 e. The van der Waals surface area contributed by atoms with Crippen LogP contribution in [0.1, 0.15) is 19.3 Å². The van der Waals surface area contributed by atoms with E-state index in [1.807, 2.05) is 0 Å². The van der Waals surface area contributed by atoms with E-state index in [0.29, 0.717) is 18.5 Å². The van der Waals surface area contributed by atoms with Crippen LogP contribution in [0.4, 0.5) is 0 Å². The largest absolute Gasteiger partial charge is 0.481 e. The molecule has 100 valence electrons. The molecule has 0 saturated heterocycles. The summed E-state index contributed by atoms with van der Waals surface area (Å²) in [4.78, 5) is 31.1. The van der Waals surface area contributed by atoms with Gasteiger partial charge in [0.25, 0.3) is 0 Å². The molecule has 0 saturated carbocycles. The molecule has 0 aliphatic heterocycles. The normalized spacial score (nSPS) is 9.71. The number of carbonyl (C=O) groups is 3. The van der Waals surface area contributed by atoms with E-state index in [1.165, 1.54) is 0 Å². The van der Waals surface area contributed by atoms with Gasteiger partial charge < -0.3 is 15.3 Å². The van der Waals surface area contributed by atoms with E-state index in [1.54, 1.807) is 0 Å². The van der Waals surface area contributed by atoms with Gasteiger partial charge in [0.05, 0.1) is 0 Å². The van der Waals surface area contributed by atoms with Crippen molar-refractivity contribution in [2.45, 2.75) is 19.3 Å². The second-order valence-corrected chi connectivity index (χ2v) is 5.96. The second-order valence-electron chi connectivity index (χ2n) is 3.27. The van der Waals surface area contributed by atoms with Crippen molar-refractivity contribution in [1.82, 2.24) is 0 Å². The average molecular weight is 331 g/mol.